The van der Waals surface area contributed by atoms with E-state index in [1.54, 1.807) is 12.2 Å². The van der Waals surface area contributed by atoms with E-state index < -0.39 is 0 Å². The molecule has 0 aliphatic rings. The van der Waals surface area contributed by atoms with Crippen LogP contribution in [0.5, 0.6) is 5.88 Å². The molecule has 0 spiro atoms. The van der Waals surface area contributed by atoms with Crippen molar-refractivity contribution in [3.05, 3.63) is 33.6 Å². The summed E-state index contributed by atoms with van der Waals surface area (Å²) in [6.07, 6.45) is 4.90. The quantitative estimate of drug-likeness (QED) is 0.341. The number of ether oxygens (including phenoxy) is 1. The second-order valence-electron chi connectivity index (χ2n) is 2.42. The Morgan fingerprint density at radius 2 is 2.53 bits per heavy atom. The summed E-state index contributed by atoms with van der Waals surface area (Å²) in [5, 5.41) is 3.47. The molecule has 0 amide bonds. The van der Waals surface area contributed by atoms with Gasteiger partial charge in [0, 0.05) is 17.7 Å². The minimum absolute atomic E-state index is 0.124. The Kier molecular flexibility index (Phi) is 4.40. The summed E-state index contributed by atoms with van der Waals surface area (Å²) in [6, 6.07) is 0. The van der Waals surface area contributed by atoms with Crippen LogP contribution in [-0.2, 0) is 0 Å². The van der Waals surface area contributed by atoms with Gasteiger partial charge in [-0.1, -0.05) is 17.3 Å². The van der Waals surface area contributed by atoms with Gasteiger partial charge in [0.15, 0.2) is 0 Å². The molecule has 0 N–H and O–H groups in total. The average molecular weight is 226 g/mol. The van der Waals surface area contributed by atoms with Crippen molar-refractivity contribution in [3.8, 4) is 5.88 Å². The highest BCUT2D eigenvalue weighted by atomic mass is 35.5. The molecule has 0 fully saturated rings. The Bertz CT molecular complexity index is 413. The third-order valence-electron chi connectivity index (χ3n) is 1.49. The van der Waals surface area contributed by atoms with Crippen molar-refractivity contribution in [2.75, 3.05) is 13.7 Å². The summed E-state index contributed by atoms with van der Waals surface area (Å²) in [5.41, 5.74) is 8.73. The summed E-state index contributed by atoms with van der Waals surface area (Å²) in [5.74, 6) is 0.382. The monoisotopic (exact) mass is 225 g/mol. The zero-order valence-electron chi connectivity index (χ0n) is 7.96. The van der Waals surface area contributed by atoms with E-state index in [1.165, 1.54) is 13.3 Å². The zero-order valence-corrected chi connectivity index (χ0v) is 8.72. The van der Waals surface area contributed by atoms with Crippen LogP contribution in [0.4, 0.5) is 0 Å². The van der Waals surface area contributed by atoms with Crippen LogP contribution in [0.15, 0.2) is 17.4 Å². The molecule has 1 heterocycles. The van der Waals surface area contributed by atoms with Gasteiger partial charge in [-0.15, -0.1) is 0 Å². The largest absolute Gasteiger partial charge is 0.480 e. The Hall–Kier alpha value is -1.78. The Labute approximate surface area is 91.2 Å². The molecule has 7 heteroatoms. The van der Waals surface area contributed by atoms with Crippen LogP contribution in [0.1, 0.15) is 5.56 Å². The molecule has 0 aliphatic heterocycles. The fourth-order valence-electron chi connectivity index (χ4n) is 0.896. The second-order valence-corrected chi connectivity index (χ2v) is 2.76. The van der Waals surface area contributed by atoms with E-state index in [0.29, 0.717) is 11.4 Å². The summed E-state index contributed by atoms with van der Waals surface area (Å²) in [7, 11) is 1.49. The molecular formula is C8H8ClN5O. The predicted octanol–water partition coefficient (Wildman–Crippen LogP) is 2.46. The normalized spacial score (nSPS) is 10.0. The van der Waals surface area contributed by atoms with E-state index in [0.717, 1.165) is 0 Å². The Morgan fingerprint density at radius 3 is 3.20 bits per heavy atom. The van der Waals surface area contributed by atoms with Gasteiger partial charge in [-0.2, -0.15) is 4.98 Å². The van der Waals surface area contributed by atoms with Gasteiger partial charge in [-0.05, 0) is 17.1 Å². The van der Waals surface area contributed by atoms with Crippen molar-refractivity contribution in [2.45, 2.75) is 0 Å². The van der Waals surface area contributed by atoms with Crippen molar-refractivity contribution in [3.63, 3.8) is 0 Å². The first-order valence-electron chi connectivity index (χ1n) is 4.02. The van der Waals surface area contributed by atoms with Crippen molar-refractivity contribution in [1.29, 1.82) is 0 Å². The third kappa shape index (κ3) is 3.46. The maximum Gasteiger partial charge on any atom is 0.225 e. The smallest absolute Gasteiger partial charge is 0.225 e. The number of halogens is 1. The van der Waals surface area contributed by atoms with Crippen LogP contribution in [0.25, 0.3) is 16.5 Å². The zero-order chi connectivity index (χ0) is 11.1. The van der Waals surface area contributed by atoms with Crippen molar-refractivity contribution in [1.82, 2.24) is 9.97 Å². The lowest BCUT2D eigenvalue weighted by atomic mass is 10.3. The number of aromatic nitrogens is 2. The van der Waals surface area contributed by atoms with E-state index in [1.807, 2.05) is 0 Å². The van der Waals surface area contributed by atoms with E-state index in [2.05, 4.69) is 20.0 Å². The SMILES string of the molecule is COc1nc(Cl)ncc1C=CCN=[N+]=[N-]. The first-order valence-corrected chi connectivity index (χ1v) is 4.39. The molecule has 1 aromatic rings. The number of methoxy groups -OCH3 is 1. The first-order chi connectivity index (χ1) is 7.27. The molecule has 0 aliphatic carbocycles. The van der Waals surface area contributed by atoms with E-state index in [4.69, 9.17) is 21.9 Å². The number of azide groups is 1. The molecule has 78 valence electrons. The Morgan fingerprint density at radius 1 is 1.73 bits per heavy atom. The van der Waals surface area contributed by atoms with E-state index >= 15 is 0 Å². The van der Waals surface area contributed by atoms with Gasteiger partial charge < -0.3 is 4.74 Å². The van der Waals surface area contributed by atoms with Crippen LogP contribution in [-0.4, -0.2) is 23.6 Å². The predicted molar refractivity (Wildman–Crippen MR) is 56.6 cm³/mol. The lowest BCUT2D eigenvalue weighted by Gasteiger charge is -2.01. The minimum atomic E-state index is 0.124. The van der Waals surface area contributed by atoms with Crippen LogP contribution >= 0.6 is 11.6 Å². The highest BCUT2D eigenvalue weighted by molar-refractivity contribution is 6.28. The van der Waals surface area contributed by atoms with Crippen LogP contribution in [0.2, 0.25) is 5.28 Å². The standard InChI is InChI=1S/C8H8ClN5O/c1-15-7-6(3-2-4-12-14-10)5-11-8(9)13-7/h2-3,5H,4H2,1H3. The fraction of sp³-hybridized carbons (Fsp3) is 0.250. The van der Waals surface area contributed by atoms with E-state index in [-0.39, 0.29) is 11.8 Å². The average Bonchev–Trinajstić information content (AvgIpc) is 2.26. The number of hydrogen-bond acceptors (Lipinski definition) is 4. The minimum Gasteiger partial charge on any atom is -0.480 e. The summed E-state index contributed by atoms with van der Waals surface area (Å²) in [6.45, 7) is 0.266. The molecule has 0 aromatic carbocycles. The topological polar surface area (TPSA) is 83.8 Å². The molecule has 15 heavy (non-hydrogen) atoms. The van der Waals surface area contributed by atoms with Gasteiger partial charge in [-0.3, -0.25) is 0 Å². The maximum absolute atomic E-state index is 8.06. The highest BCUT2D eigenvalue weighted by Gasteiger charge is 2.02. The first kappa shape index (κ1) is 11.3. The van der Waals surface area contributed by atoms with Gasteiger partial charge in [0.1, 0.15) is 0 Å². The van der Waals surface area contributed by atoms with Gasteiger partial charge in [0.05, 0.1) is 12.7 Å². The molecular weight excluding hydrogens is 218 g/mol. The van der Waals surface area contributed by atoms with Crippen molar-refractivity contribution >= 4 is 17.7 Å². The van der Waals surface area contributed by atoms with Crippen LogP contribution in [0.3, 0.4) is 0 Å². The summed E-state index contributed by atoms with van der Waals surface area (Å²) >= 11 is 5.59. The lowest BCUT2D eigenvalue weighted by Crippen LogP contribution is -1.93. The van der Waals surface area contributed by atoms with Gasteiger partial charge in [-0.25, -0.2) is 4.98 Å². The molecule has 0 unspecified atom stereocenters. The molecule has 0 bridgehead atoms. The molecule has 0 atom stereocenters. The van der Waals surface area contributed by atoms with Gasteiger partial charge in [0.2, 0.25) is 11.2 Å². The van der Waals surface area contributed by atoms with Crippen molar-refractivity contribution < 1.29 is 4.74 Å². The highest BCUT2D eigenvalue weighted by Crippen LogP contribution is 2.17. The molecule has 0 radical (unpaired) electrons. The molecule has 1 rings (SSSR count). The van der Waals surface area contributed by atoms with Crippen molar-refractivity contribution in [2.24, 2.45) is 5.11 Å². The third-order valence-corrected chi connectivity index (χ3v) is 1.67. The second kappa shape index (κ2) is 5.85. The van der Waals surface area contributed by atoms with Crippen LogP contribution < -0.4 is 4.74 Å². The van der Waals surface area contributed by atoms with Gasteiger partial charge in [0.25, 0.3) is 0 Å². The summed E-state index contributed by atoms with van der Waals surface area (Å²) < 4.78 is 4.99. The number of hydrogen-bond donors (Lipinski definition) is 0. The number of nitrogens with zero attached hydrogens (tertiary/aromatic N) is 5. The molecule has 6 nitrogen and oxygen atoms in total. The molecule has 0 saturated heterocycles. The lowest BCUT2D eigenvalue weighted by molar-refractivity contribution is 0.396. The van der Waals surface area contributed by atoms with Crippen LogP contribution in [0, 0.1) is 0 Å². The van der Waals surface area contributed by atoms with Gasteiger partial charge >= 0.3 is 0 Å². The maximum atomic E-state index is 8.06. The summed E-state index contributed by atoms with van der Waals surface area (Å²) in [4.78, 5) is 10.3. The van der Waals surface area contributed by atoms with E-state index in [9.17, 15) is 0 Å². The molecule has 0 saturated carbocycles. The fourth-order valence-corrected chi connectivity index (χ4v) is 1.02. The Balaban J connectivity index is 2.84. The number of rotatable bonds is 4. The molecule has 1 aromatic heterocycles.